The number of hydrogen-bond donors (Lipinski definition) is 1. The number of benzene rings is 3. The van der Waals surface area contributed by atoms with Crippen LogP contribution in [-0.2, 0) is 17.8 Å². The summed E-state index contributed by atoms with van der Waals surface area (Å²) in [7, 11) is 1.62. The summed E-state index contributed by atoms with van der Waals surface area (Å²) >= 11 is 0. The molecule has 0 aliphatic carbocycles. The van der Waals surface area contributed by atoms with Crippen LogP contribution in [0.1, 0.15) is 23.2 Å². The summed E-state index contributed by atoms with van der Waals surface area (Å²) < 4.78 is 33.8. The summed E-state index contributed by atoms with van der Waals surface area (Å²) in [5.41, 5.74) is 5.10. The first-order valence-electron chi connectivity index (χ1n) is 10.9. The fourth-order valence-electron chi connectivity index (χ4n) is 3.65. The molecule has 7 heteroatoms. The van der Waals surface area contributed by atoms with Crippen LogP contribution < -0.4 is 10.1 Å². The van der Waals surface area contributed by atoms with Crippen molar-refractivity contribution in [3.05, 3.63) is 101 Å². The van der Waals surface area contributed by atoms with Crippen LogP contribution in [0.5, 0.6) is 5.75 Å². The van der Waals surface area contributed by atoms with E-state index in [1.54, 1.807) is 7.11 Å². The Hall–Kier alpha value is -4.00. The van der Waals surface area contributed by atoms with Gasteiger partial charge in [-0.1, -0.05) is 29.8 Å². The van der Waals surface area contributed by atoms with Gasteiger partial charge < -0.3 is 10.1 Å². The molecule has 1 amide bonds. The molecular formula is C27H25F2N3O2. The predicted molar refractivity (Wildman–Crippen MR) is 127 cm³/mol. The molecule has 4 aromatic rings. The molecule has 1 heterocycles. The third-order valence-corrected chi connectivity index (χ3v) is 5.44. The van der Waals surface area contributed by atoms with E-state index in [-0.39, 0.29) is 18.9 Å². The summed E-state index contributed by atoms with van der Waals surface area (Å²) in [6.45, 7) is 2.09. The van der Waals surface area contributed by atoms with Crippen LogP contribution in [0.3, 0.4) is 0 Å². The number of hydrogen-bond acceptors (Lipinski definition) is 3. The maximum atomic E-state index is 13.3. The first kappa shape index (κ1) is 23.2. The highest BCUT2D eigenvalue weighted by Gasteiger charge is 2.13. The number of nitrogens with zero attached hydrogens (tertiary/aromatic N) is 2. The van der Waals surface area contributed by atoms with Crippen molar-refractivity contribution in [3.63, 3.8) is 0 Å². The SMILES string of the molecule is COc1ccc(-n2nc(CCC(=O)NCc3cc(F)cc(F)c3)cc2-c2ccc(C)cc2)cc1. The smallest absolute Gasteiger partial charge is 0.220 e. The summed E-state index contributed by atoms with van der Waals surface area (Å²) in [5, 5.41) is 7.45. The Labute approximate surface area is 197 Å². The highest BCUT2D eigenvalue weighted by Crippen LogP contribution is 2.26. The van der Waals surface area contributed by atoms with Gasteiger partial charge in [-0.05, 0) is 55.0 Å². The van der Waals surface area contributed by atoms with Gasteiger partial charge in [-0.2, -0.15) is 5.10 Å². The lowest BCUT2D eigenvalue weighted by molar-refractivity contribution is -0.121. The van der Waals surface area contributed by atoms with Gasteiger partial charge in [0.1, 0.15) is 17.4 Å². The largest absolute Gasteiger partial charge is 0.497 e. The number of halogens is 2. The molecule has 0 radical (unpaired) electrons. The number of aromatic nitrogens is 2. The van der Waals surface area contributed by atoms with E-state index in [1.807, 2.05) is 66.2 Å². The number of aryl methyl sites for hydroxylation is 2. The van der Waals surface area contributed by atoms with Gasteiger partial charge in [0.15, 0.2) is 0 Å². The molecule has 0 saturated carbocycles. The van der Waals surface area contributed by atoms with Crippen molar-refractivity contribution < 1.29 is 18.3 Å². The van der Waals surface area contributed by atoms with E-state index in [2.05, 4.69) is 5.32 Å². The summed E-state index contributed by atoms with van der Waals surface area (Å²) in [4.78, 5) is 12.4. The molecule has 5 nitrogen and oxygen atoms in total. The lowest BCUT2D eigenvalue weighted by Crippen LogP contribution is -2.23. The lowest BCUT2D eigenvalue weighted by atomic mass is 10.1. The number of carbonyl (C=O) groups is 1. The zero-order valence-corrected chi connectivity index (χ0v) is 19.0. The van der Waals surface area contributed by atoms with Crippen LogP contribution in [0, 0.1) is 18.6 Å². The molecule has 174 valence electrons. The van der Waals surface area contributed by atoms with Crippen molar-refractivity contribution in [3.8, 4) is 22.7 Å². The first-order valence-corrected chi connectivity index (χ1v) is 10.9. The van der Waals surface area contributed by atoms with Crippen molar-refractivity contribution in [2.75, 3.05) is 7.11 Å². The fraction of sp³-hybridized carbons (Fsp3) is 0.185. The van der Waals surface area contributed by atoms with E-state index in [4.69, 9.17) is 9.84 Å². The van der Waals surface area contributed by atoms with Crippen molar-refractivity contribution in [1.82, 2.24) is 15.1 Å². The lowest BCUT2D eigenvalue weighted by Gasteiger charge is -2.09. The van der Waals surface area contributed by atoms with Gasteiger partial charge in [0.2, 0.25) is 5.91 Å². The molecule has 1 aromatic heterocycles. The molecule has 0 fully saturated rings. The Bertz CT molecular complexity index is 1260. The Morgan fingerprint density at radius 3 is 2.29 bits per heavy atom. The molecule has 1 N–H and O–H groups in total. The monoisotopic (exact) mass is 461 g/mol. The van der Waals surface area contributed by atoms with Crippen molar-refractivity contribution in [2.24, 2.45) is 0 Å². The second kappa shape index (κ2) is 10.3. The van der Waals surface area contributed by atoms with Gasteiger partial charge >= 0.3 is 0 Å². The van der Waals surface area contributed by atoms with Crippen LogP contribution in [0.4, 0.5) is 8.78 Å². The highest BCUT2D eigenvalue weighted by atomic mass is 19.1. The number of ether oxygens (including phenoxy) is 1. The molecule has 0 aliphatic rings. The Kier molecular flexibility index (Phi) is 7.01. The normalized spacial score (nSPS) is 10.8. The fourth-order valence-corrected chi connectivity index (χ4v) is 3.65. The molecule has 0 spiro atoms. The van der Waals surface area contributed by atoms with Gasteiger partial charge in [0.25, 0.3) is 0 Å². The Morgan fingerprint density at radius 1 is 0.971 bits per heavy atom. The second-order valence-corrected chi connectivity index (χ2v) is 8.05. The third kappa shape index (κ3) is 5.67. The number of rotatable bonds is 8. The van der Waals surface area contributed by atoms with E-state index in [9.17, 15) is 13.6 Å². The minimum Gasteiger partial charge on any atom is -0.497 e. The van der Waals surface area contributed by atoms with E-state index < -0.39 is 11.6 Å². The van der Waals surface area contributed by atoms with E-state index in [0.717, 1.165) is 40.0 Å². The maximum absolute atomic E-state index is 13.3. The van der Waals surface area contributed by atoms with Crippen LogP contribution in [0.15, 0.2) is 72.8 Å². The molecule has 0 unspecified atom stereocenters. The Balaban J connectivity index is 1.50. The van der Waals surface area contributed by atoms with Gasteiger partial charge in [-0.25, -0.2) is 13.5 Å². The van der Waals surface area contributed by atoms with Crippen LogP contribution in [0.2, 0.25) is 0 Å². The van der Waals surface area contributed by atoms with Crippen LogP contribution in [0.25, 0.3) is 16.9 Å². The van der Waals surface area contributed by atoms with Crippen molar-refractivity contribution >= 4 is 5.91 Å². The molecule has 0 saturated heterocycles. The van der Waals surface area contributed by atoms with E-state index in [0.29, 0.717) is 12.0 Å². The Morgan fingerprint density at radius 2 is 1.65 bits per heavy atom. The van der Waals surface area contributed by atoms with Crippen LogP contribution in [-0.4, -0.2) is 22.8 Å². The predicted octanol–water partition coefficient (Wildman–Crippen LogP) is 5.38. The average Bonchev–Trinajstić information content (AvgIpc) is 3.25. The standard InChI is InChI=1S/C27H25F2N3O2/c1-18-3-5-20(6-4-18)26-16-23(31-32(26)24-8-10-25(34-2)11-9-24)7-12-27(33)30-17-19-13-21(28)15-22(29)14-19/h3-6,8-11,13-16H,7,12,17H2,1-2H3,(H,30,33). The third-order valence-electron chi connectivity index (χ3n) is 5.44. The number of amides is 1. The molecule has 0 atom stereocenters. The highest BCUT2D eigenvalue weighted by molar-refractivity contribution is 5.76. The minimum atomic E-state index is -0.669. The molecule has 34 heavy (non-hydrogen) atoms. The van der Waals surface area contributed by atoms with E-state index >= 15 is 0 Å². The maximum Gasteiger partial charge on any atom is 0.220 e. The number of nitrogens with one attached hydrogen (secondary N) is 1. The van der Waals surface area contributed by atoms with E-state index in [1.165, 1.54) is 12.1 Å². The van der Waals surface area contributed by atoms with Crippen molar-refractivity contribution in [2.45, 2.75) is 26.3 Å². The second-order valence-electron chi connectivity index (χ2n) is 8.05. The molecule has 4 rings (SSSR count). The van der Waals surface area contributed by atoms with Gasteiger partial charge in [-0.3, -0.25) is 4.79 Å². The summed E-state index contributed by atoms with van der Waals surface area (Å²) in [6.07, 6.45) is 0.621. The average molecular weight is 462 g/mol. The van der Waals surface area contributed by atoms with Crippen LogP contribution >= 0.6 is 0 Å². The molecular weight excluding hydrogens is 436 g/mol. The quantitative estimate of drug-likeness (QED) is 0.383. The molecule has 0 aliphatic heterocycles. The first-order chi connectivity index (χ1) is 16.4. The van der Waals surface area contributed by atoms with Gasteiger partial charge in [0, 0.05) is 31.0 Å². The summed E-state index contributed by atoms with van der Waals surface area (Å²) in [5.74, 6) is -0.808. The number of carbonyl (C=O) groups excluding carboxylic acids is 1. The van der Waals surface area contributed by atoms with Crippen molar-refractivity contribution in [1.29, 1.82) is 0 Å². The molecule has 0 bridgehead atoms. The zero-order valence-electron chi connectivity index (χ0n) is 19.0. The zero-order chi connectivity index (χ0) is 24.1. The van der Waals surface area contributed by atoms with Gasteiger partial charge in [0.05, 0.1) is 24.2 Å². The van der Waals surface area contributed by atoms with Gasteiger partial charge in [-0.15, -0.1) is 0 Å². The summed E-state index contributed by atoms with van der Waals surface area (Å²) in [6, 6.07) is 21.0. The topological polar surface area (TPSA) is 56.2 Å². The minimum absolute atomic E-state index is 0.0580. The number of methoxy groups -OCH3 is 1. The molecule has 3 aromatic carbocycles.